The molecule has 0 spiro atoms. The number of aromatic carboxylic acids is 2. The zero-order valence-corrected chi connectivity index (χ0v) is 15.6. The van der Waals surface area contributed by atoms with Crippen molar-refractivity contribution in [2.45, 2.75) is 12.8 Å². The number of rotatable bonds is 8. The predicted molar refractivity (Wildman–Crippen MR) is 102 cm³/mol. The molecular formula is C20H20N2O6. The molecule has 0 atom stereocenters. The Balaban J connectivity index is 2.38. The van der Waals surface area contributed by atoms with Crippen molar-refractivity contribution in [1.29, 1.82) is 0 Å². The summed E-state index contributed by atoms with van der Waals surface area (Å²) in [7, 11) is 3.14. The second-order valence-electron chi connectivity index (χ2n) is 6.30. The molecule has 146 valence electrons. The molecule has 0 unspecified atom stereocenters. The van der Waals surface area contributed by atoms with Gasteiger partial charge in [-0.1, -0.05) is 6.07 Å². The molecule has 0 aliphatic heterocycles. The molecular weight excluding hydrogens is 364 g/mol. The van der Waals surface area contributed by atoms with Crippen molar-refractivity contribution in [2.75, 3.05) is 27.4 Å². The van der Waals surface area contributed by atoms with E-state index in [-0.39, 0.29) is 11.1 Å². The molecule has 1 aromatic heterocycles. The number of hydrogen-bond donors (Lipinski definition) is 2. The predicted octanol–water partition coefficient (Wildman–Crippen LogP) is 2.56. The lowest BCUT2D eigenvalue weighted by Crippen LogP contribution is -2.12. The fourth-order valence-electron chi connectivity index (χ4n) is 3.37. The van der Waals surface area contributed by atoms with Gasteiger partial charge < -0.3 is 19.7 Å². The van der Waals surface area contributed by atoms with Crippen LogP contribution in [0.5, 0.6) is 0 Å². The van der Waals surface area contributed by atoms with Gasteiger partial charge >= 0.3 is 11.9 Å². The van der Waals surface area contributed by atoms with Gasteiger partial charge in [-0.3, -0.25) is 0 Å². The van der Waals surface area contributed by atoms with Gasteiger partial charge in [-0.05, 0) is 42.2 Å². The van der Waals surface area contributed by atoms with E-state index in [1.54, 1.807) is 20.3 Å². The highest BCUT2D eigenvalue weighted by molar-refractivity contribution is 6.09. The number of aromatic nitrogens is 2. The van der Waals surface area contributed by atoms with E-state index in [4.69, 9.17) is 9.47 Å². The standard InChI is InChI=1S/C20H20N2O6/c1-27-7-5-12-13(6-8-28-2)18-14-4-3-11(19(23)24)9-16(14)21-22-17(18)10-15(12)20(25)26/h3-4,9-10H,5-8H2,1-2H3,(H,23,24)(H,25,26). The third-order valence-electron chi connectivity index (χ3n) is 4.65. The molecule has 2 aromatic carbocycles. The van der Waals surface area contributed by atoms with Crippen LogP contribution in [-0.2, 0) is 22.3 Å². The van der Waals surface area contributed by atoms with Crippen molar-refractivity contribution in [1.82, 2.24) is 10.2 Å². The maximum atomic E-state index is 11.9. The van der Waals surface area contributed by atoms with E-state index in [9.17, 15) is 19.8 Å². The van der Waals surface area contributed by atoms with Gasteiger partial charge in [-0.2, -0.15) is 0 Å². The molecule has 0 aliphatic rings. The zero-order chi connectivity index (χ0) is 20.3. The van der Waals surface area contributed by atoms with Gasteiger partial charge in [-0.25, -0.2) is 9.59 Å². The minimum atomic E-state index is -1.05. The van der Waals surface area contributed by atoms with Crippen LogP contribution in [0.2, 0.25) is 0 Å². The van der Waals surface area contributed by atoms with E-state index in [0.29, 0.717) is 42.7 Å². The minimum Gasteiger partial charge on any atom is -0.478 e. The Bertz CT molecular complexity index is 1060. The van der Waals surface area contributed by atoms with Crippen LogP contribution < -0.4 is 0 Å². The molecule has 0 amide bonds. The Kier molecular flexibility index (Phi) is 5.81. The van der Waals surface area contributed by atoms with Crippen molar-refractivity contribution in [3.63, 3.8) is 0 Å². The summed E-state index contributed by atoms with van der Waals surface area (Å²) < 4.78 is 10.4. The van der Waals surface area contributed by atoms with E-state index >= 15 is 0 Å². The summed E-state index contributed by atoms with van der Waals surface area (Å²) >= 11 is 0. The number of nitrogens with zero attached hydrogens (tertiary/aromatic N) is 2. The highest BCUT2D eigenvalue weighted by Crippen LogP contribution is 2.32. The van der Waals surface area contributed by atoms with E-state index in [1.807, 2.05) is 0 Å². The first-order chi connectivity index (χ1) is 13.5. The Morgan fingerprint density at radius 3 is 2.14 bits per heavy atom. The second-order valence-corrected chi connectivity index (χ2v) is 6.30. The largest absolute Gasteiger partial charge is 0.478 e. The van der Waals surface area contributed by atoms with Crippen LogP contribution in [0.3, 0.4) is 0 Å². The molecule has 8 heteroatoms. The molecule has 8 nitrogen and oxygen atoms in total. The quantitative estimate of drug-likeness (QED) is 0.569. The summed E-state index contributed by atoms with van der Waals surface area (Å²) in [5, 5.41) is 28.7. The highest BCUT2D eigenvalue weighted by Gasteiger charge is 2.21. The van der Waals surface area contributed by atoms with Crippen molar-refractivity contribution >= 4 is 33.7 Å². The molecule has 3 aromatic rings. The SMILES string of the molecule is COCCc1c(C(=O)O)cc2nnc3cc(C(=O)O)ccc3c2c1CCOC. The number of carbonyl (C=O) groups is 2. The van der Waals surface area contributed by atoms with Gasteiger partial charge in [0.2, 0.25) is 0 Å². The Morgan fingerprint density at radius 1 is 0.893 bits per heavy atom. The van der Waals surface area contributed by atoms with Gasteiger partial charge in [0, 0.05) is 25.0 Å². The number of carboxylic acid groups (broad SMARTS) is 2. The lowest BCUT2D eigenvalue weighted by molar-refractivity contribution is 0.0685. The fraction of sp³-hybridized carbons (Fsp3) is 0.300. The third kappa shape index (κ3) is 3.64. The monoisotopic (exact) mass is 384 g/mol. The van der Waals surface area contributed by atoms with Crippen molar-refractivity contribution in [3.05, 3.63) is 46.5 Å². The fourth-order valence-corrected chi connectivity index (χ4v) is 3.37. The highest BCUT2D eigenvalue weighted by atomic mass is 16.5. The molecule has 28 heavy (non-hydrogen) atoms. The molecule has 3 rings (SSSR count). The first-order valence-electron chi connectivity index (χ1n) is 8.67. The van der Waals surface area contributed by atoms with Crippen LogP contribution in [0.1, 0.15) is 31.8 Å². The van der Waals surface area contributed by atoms with E-state index < -0.39 is 11.9 Å². The average Bonchev–Trinajstić information content (AvgIpc) is 2.69. The first-order valence-corrected chi connectivity index (χ1v) is 8.67. The van der Waals surface area contributed by atoms with Crippen LogP contribution in [0.25, 0.3) is 21.8 Å². The Labute approximate surface area is 160 Å². The molecule has 0 fully saturated rings. The maximum Gasteiger partial charge on any atom is 0.336 e. The van der Waals surface area contributed by atoms with Gasteiger partial charge in [0.1, 0.15) is 0 Å². The van der Waals surface area contributed by atoms with Gasteiger partial charge in [-0.15, -0.1) is 10.2 Å². The van der Waals surface area contributed by atoms with Crippen LogP contribution in [0.4, 0.5) is 0 Å². The topological polar surface area (TPSA) is 119 Å². The van der Waals surface area contributed by atoms with Gasteiger partial charge in [0.05, 0.1) is 35.4 Å². The number of ether oxygens (including phenoxy) is 2. The lowest BCUT2D eigenvalue weighted by Gasteiger charge is -2.17. The van der Waals surface area contributed by atoms with Crippen molar-refractivity contribution < 1.29 is 29.3 Å². The normalized spacial score (nSPS) is 11.2. The Morgan fingerprint density at radius 2 is 1.54 bits per heavy atom. The summed E-state index contributed by atoms with van der Waals surface area (Å²) in [6.07, 6.45) is 0.902. The van der Waals surface area contributed by atoms with Crippen LogP contribution in [0, 0.1) is 0 Å². The van der Waals surface area contributed by atoms with E-state index in [2.05, 4.69) is 10.2 Å². The minimum absolute atomic E-state index is 0.112. The van der Waals surface area contributed by atoms with Crippen LogP contribution in [-0.4, -0.2) is 59.8 Å². The summed E-state index contributed by atoms with van der Waals surface area (Å²) in [6, 6.07) is 6.17. The van der Waals surface area contributed by atoms with Crippen LogP contribution >= 0.6 is 0 Å². The molecule has 2 N–H and O–H groups in total. The van der Waals surface area contributed by atoms with E-state index in [1.165, 1.54) is 18.2 Å². The van der Waals surface area contributed by atoms with Crippen LogP contribution in [0.15, 0.2) is 24.3 Å². The zero-order valence-electron chi connectivity index (χ0n) is 15.6. The van der Waals surface area contributed by atoms with Gasteiger partial charge in [0.25, 0.3) is 0 Å². The average molecular weight is 384 g/mol. The molecule has 0 radical (unpaired) electrons. The first kappa shape index (κ1) is 19.7. The smallest absolute Gasteiger partial charge is 0.336 e. The summed E-state index contributed by atoms with van der Waals surface area (Å²) in [4.78, 5) is 23.1. The summed E-state index contributed by atoms with van der Waals surface area (Å²) in [5.41, 5.74) is 2.62. The second kappa shape index (κ2) is 8.28. The summed E-state index contributed by atoms with van der Waals surface area (Å²) in [5.74, 6) is -2.10. The molecule has 0 saturated heterocycles. The number of carboxylic acids is 2. The maximum absolute atomic E-state index is 11.9. The van der Waals surface area contributed by atoms with Gasteiger partial charge in [0.15, 0.2) is 0 Å². The summed E-state index contributed by atoms with van der Waals surface area (Å²) in [6.45, 7) is 0.764. The number of methoxy groups -OCH3 is 2. The number of benzene rings is 2. The molecule has 0 aliphatic carbocycles. The van der Waals surface area contributed by atoms with Crippen molar-refractivity contribution in [2.24, 2.45) is 0 Å². The number of fused-ring (bicyclic) bond motifs is 3. The third-order valence-corrected chi connectivity index (χ3v) is 4.65. The Hall–Kier alpha value is -3.10. The van der Waals surface area contributed by atoms with E-state index in [0.717, 1.165) is 16.3 Å². The number of hydrogen-bond acceptors (Lipinski definition) is 6. The van der Waals surface area contributed by atoms with Crippen molar-refractivity contribution in [3.8, 4) is 0 Å². The molecule has 0 saturated carbocycles. The molecule has 0 bridgehead atoms. The lowest BCUT2D eigenvalue weighted by atomic mass is 9.90. The molecule has 1 heterocycles.